The average Bonchev–Trinajstić information content (AvgIpc) is 2.77. The van der Waals surface area contributed by atoms with Crippen molar-refractivity contribution in [3.63, 3.8) is 0 Å². The molecule has 1 saturated heterocycles. The van der Waals surface area contributed by atoms with Gasteiger partial charge in [0.25, 0.3) is 0 Å². The summed E-state index contributed by atoms with van der Waals surface area (Å²) in [7, 11) is 0. The van der Waals surface area contributed by atoms with Crippen molar-refractivity contribution in [1.82, 2.24) is 5.32 Å². The van der Waals surface area contributed by atoms with Gasteiger partial charge in [-0.2, -0.15) is 0 Å². The molecule has 2 rings (SSSR count). The minimum atomic E-state index is 0.406. The van der Waals surface area contributed by atoms with Crippen LogP contribution in [0.1, 0.15) is 49.4 Å². The fourth-order valence-corrected chi connectivity index (χ4v) is 3.37. The highest BCUT2D eigenvalue weighted by Gasteiger charge is 2.21. The first-order valence-electron chi connectivity index (χ1n) is 6.65. The summed E-state index contributed by atoms with van der Waals surface area (Å²) in [6.45, 7) is 7.55. The molecule has 3 heteroatoms. The van der Waals surface area contributed by atoms with Gasteiger partial charge >= 0.3 is 0 Å². The molecule has 0 spiro atoms. The molecule has 1 fully saturated rings. The number of aryl methyl sites for hydroxylation is 1. The molecule has 0 aromatic carbocycles. The molecule has 1 aromatic rings. The fourth-order valence-electron chi connectivity index (χ4n) is 2.40. The molecule has 2 heterocycles. The highest BCUT2D eigenvalue weighted by molar-refractivity contribution is 7.12. The molecule has 1 aromatic heterocycles. The van der Waals surface area contributed by atoms with Crippen molar-refractivity contribution in [3.05, 3.63) is 21.9 Å². The summed E-state index contributed by atoms with van der Waals surface area (Å²) in [4.78, 5) is 2.94. The summed E-state index contributed by atoms with van der Waals surface area (Å²) >= 11 is 1.94. The van der Waals surface area contributed by atoms with E-state index in [-0.39, 0.29) is 0 Å². The van der Waals surface area contributed by atoms with Gasteiger partial charge < -0.3 is 10.1 Å². The van der Waals surface area contributed by atoms with Crippen LogP contribution in [0.4, 0.5) is 0 Å². The SMILES string of the molecule is CCc1ccc(C(C)NC2CCOC(C)C2)s1. The second-order valence-electron chi connectivity index (χ2n) is 4.95. The van der Waals surface area contributed by atoms with E-state index in [2.05, 4.69) is 38.2 Å². The summed E-state index contributed by atoms with van der Waals surface area (Å²) in [6.07, 6.45) is 3.82. The Labute approximate surface area is 108 Å². The van der Waals surface area contributed by atoms with Crippen molar-refractivity contribution in [2.75, 3.05) is 6.61 Å². The number of nitrogens with one attached hydrogen (secondary N) is 1. The van der Waals surface area contributed by atoms with E-state index < -0.39 is 0 Å². The molecule has 0 aliphatic carbocycles. The van der Waals surface area contributed by atoms with Gasteiger partial charge in [-0.15, -0.1) is 11.3 Å². The molecule has 0 saturated carbocycles. The van der Waals surface area contributed by atoms with Crippen LogP contribution in [-0.4, -0.2) is 18.8 Å². The highest BCUT2D eigenvalue weighted by Crippen LogP contribution is 2.25. The van der Waals surface area contributed by atoms with Crippen LogP contribution in [0, 0.1) is 0 Å². The Bertz CT molecular complexity index is 350. The third-order valence-corrected chi connectivity index (χ3v) is 4.84. The molecule has 0 bridgehead atoms. The van der Waals surface area contributed by atoms with E-state index in [1.54, 1.807) is 0 Å². The Hall–Kier alpha value is -0.380. The van der Waals surface area contributed by atoms with E-state index in [0.717, 1.165) is 25.9 Å². The predicted molar refractivity (Wildman–Crippen MR) is 73.7 cm³/mol. The van der Waals surface area contributed by atoms with Gasteiger partial charge in [0.2, 0.25) is 0 Å². The molecule has 2 nitrogen and oxygen atoms in total. The van der Waals surface area contributed by atoms with Gasteiger partial charge in [-0.25, -0.2) is 0 Å². The lowest BCUT2D eigenvalue weighted by molar-refractivity contribution is 0.0116. The van der Waals surface area contributed by atoms with Crippen molar-refractivity contribution < 1.29 is 4.74 Å². The van der Waals surface area contributed by atoms with E-state index in [0.29, 0.717) is 18.2 Å². The third-order valence-electron chi connectivity index (χ3n) is 3.43. The second-order valence-corrected chi connectivity index (χ2v) is 6.15. The number of hydrogen-bond acceptors (Lipinski definition) is 3. The highest BCUT2D eigenvalue weighted by atomic mass is 32.1. The first-order valence-corrected chi connectivity index (χ1v) is 7.47. The Morgan fingerprint density at radius 3 is 3.00 bits per heavy atom. The van der Waals surface area contributed by atoms with E-state index in [4.69, 9.17) is 4.74 Å². The molecule has 0 radical (unpaired) electrons. The van der Waals surface area contributed by atoms with Gasteiger partial charge in [-0.3, -0.25) is 0 Å². The molecule has 1 aliphatic heterocycles. The Balaban J connectivity index is 1.89. The van der Waals surface area contributed by atoms with Gasteiger partial charge in [0.15, 0.2) is 0 Å². The van der Waals surface area contributed by atoms with E-state index >= 15 is 0 Å². The maximum Gasteiger partial charge on any atom is 0.0561 e. The smallest absolute Gasteiger partial charge is 0.0561 e. The molecule has 1 N–H and O–H groups in total. The van der Waals surface area contributed by atoms with Crippen LogP contribution in [0.25, 0.3) is 0 Å². The van der Waals surface area contributed by atoms with Crippen LogP contribution in [0.2, 0.25) is 0 Å². The van der Waals surface area contributed by atoms with E-state index in [9.17, 15) is 0 Å². The first-order chi connectivity index (χ1) is 8.19. The van der Waals surface area contributed by atoms with Crippen molar-refractivity contribution in [2.45, 2.75) is 58.2 Å². The Morgan fingerprint density at radius 1 is 1.53 bits per heavy atom. The molecule has 17 heavy (non-hydrogen) atoms. The summed E-state index contributed by atoms with van der Waals surface area (Å²) < 4.78 is 5.58. The summed E-state index contributed by atoms with van der Waals surface area (Å²) in [5.74, 6) is 0. The fraction of sp³-hybridized carbons (Fsp3) is 0.714. The minimum Gasteiger partial charge on any atom is -0.378 e. The molecule has 3 atom stereocenters. The van der Waals surface area contributed by atoms with Crippen LogP contribution >= 0.6 is 11.3 Å². The quantitative estimate of drug-likeness (QED) is 0.886. The maximum atomic E-state index is 5.58. The lowest BCUT2D eigenvalue weighted by Gasteiger charge is -2.30. The third kappa shape index (κ3) is 3.54. The molecule has 1 aliphatic rings. The van der Waals surface area contributed by atoms with Crippen LogP contribution < -0.4 is 5.32 Å². The Morgan fingerprint density at radius 2 is 2.35 bits per heavy atom. The topological polar surface area (TPSA) is 21.3 Å². The largest absolute Gasteiger partial charge is 0.378 e. The van der Waals surface area contributed by atoms with Gasteiger partial charge in [0.05, 0.1) is 6.10 Å². The van der Waals surface area contributed by atoms with Gasteiger partial charge in [0, 0.05) is 28.4 Å². The summed E-state index contributed by atoms with van der Waals surface area (Å²) in [6, 6.07) is 5.60. The van der Waals surface area contributed by atoms with Gasteiger partial charge in [0.1, 0.15) is 0 Å². The molecule has 96 valence electrons. The predicted octanol–water partition coefficient (Wildman–Crippen LogP) is 3.53. The first kappa shape index (κ1) is 13.1. The summed E-state index contributed by atoms with van der Waals surface area (Å²) in [5.41, 5.74) is 0. The molecular formula is C14H23NOS. The lowest BCUT2D eigenvalue weighted by Crippen LogP contribution is -2.39. The van der Waals surface area contributed by atoms with Crippen LogP contribution in [0.5, 0.6) is 0 Å². The van der Waals surface area contributed by atoms with Gasteiger partial charge in [-0.1, -0.05) is 6.92 Å². The standard InChI is InChI=1S/C14H23NOS/c1-4-13-5-6-14(17-13)11(3)15-12-7-8-16-10(2)9-12/h5-6,10-12,15H,4,7-9H2,1-3H3. The van der Waals surface area contributed by atoms with E-state index in [1.807, 2.05) is 11.3 Å². The second kappa shape index (κ2) is 5.98. The number of hydrogen-bond donors (Lipinski definition) is 1. The van der Waals surface area contributed by atoms with Crippen molar-refractivity contribution in [3.8, 4) is 0 Å². The van der Waals surface area contributed by atoms with Crippen molar-refractivity contribution in [1.29, 1.82) is 0 Å². The molecular weight excluding hydrogens is 230 g/mol. The molecule has 3 unspecified atom stereocenters. The zero-order valence-electron chi connectivity index (χ0n) is 11.0. The Kier molecular flexibility index (Phi) is 4.60. The number of rotatable bonds is 4. The van der Waals surface area contributed by atoms with Crippen molar-refractivity contribution in [2.24, 2.45) is 0 Å². The van der Waals surface area contributed by atoms with Gasteiger partial charge in [-0.05, 0) is 45.2 Å². The van der Waals surface area contributed by atoms with E-state index in [1.165, 1.54) is 9.75 Å². The lowest BCUT2D eigenvalue weighted by atomic mass is 10.0. The normalized spacial score (nSPS) is 27.0. The number of thiophene rings is 1. The average molecular weight is 253 g/mol. The monoisotopic (exact) mass is 253 g/mol. The molecule has 0 amide bonds. The number of ether oxygens (including phenoxy) is 1. The maximum absolute atomic E-state index is 5.58. The summed E-state index contributed by atoms with van der Waals surface area (Å²) in [5, 5.41) is 3.73. The zero-order chi connectivity index (χ0) is 12.3. The minimum absolute atomic E-state index is 0.406. The van der Waals surface area contributed by atoms with Crippen LogP contribution in [-0.2, 0) is 11.2 Å². The van der Waals surface area contributed by atoms with Crippen LogP contribution in [0.15, 0.2) is 12.1 Å². The van der Waals surface area contributed by atoms with Crippen LogP contribution in [0.3, 0.4) is 0 Å². The van der Waals surface area contributed by atoms with Crippen molar-refractivity contribution >= 4 is 11.3 Å². The zero-order valence-corrected chi connectivity index (χ0v) is 11.8.